The number of ether oxygens (including phenoxy) is 1. The third-order valence-electron chi connectivity index (χ3n) is 2.20. The first kappa shape index (κ1) is 13.2. The van der Waals surface area contributed by atoms with Crippen molar-refractivity contribution in [3.8, 4) is 0 Å². The normalized spacial score (nSPS) is 12.6. The van der Waals surface area contributed by atoms with Gasteiger partial charge >= 0.3 is 5.97 Å². The van der Waals surface area contributed by atoms with Crippen molar-refractivity contribution in [2.75, 3.05) is 19.7 Å². The van der Waals surface area contributed by atoms with Crippen molar-refractivity contribution in [3.05, 3.63) is 12.7 Å². The number of carbonyl (C=O) groups excluding carboxylic acids is 1. The molecule has 0 heterocycles. The number of hydrogen-bond acceptors (Lipinski definition) is 3. The van der Waals surface area contributed by atoms with Crippen molar-refractivity contribution in [1.29, 1.82) is 0 Å². The minimum atomic E-state index is -0.164. The van der Waals surface area contributed by atoms with E-state index in [2.05, 4.69) is 11.5 Å². The number of nitrogens with zero attached hydrogens (tertiary/aromatic N) is 1. The Kier molecular flexibility index (Phi) is 7.11. The van der Waals surface area contributed by atoms with Gasteiger partial charge in [0.25, 0.3) is 0 Å². The molecule has 0 N–H and O–H groups in total. The van der Waals surface area contributed by atoms with E-state index in [1.165, 1.54) is 0 Å². The van der Waals surface area contributed by atoms with Crippen LogP contribution in [0.3, 0.4) is 0 Å². The Morgan fingerprint density at radius 3 is 2.36 bits per heavy atom. The molecule has 3 heteroatoms. The number of hydrogen-bond donors (Lipinski definition) is 0. The van der Waals surface area contributed by atoms with E-state index in [1.54, 1.807) is 6.08 Å². The van der Waals surface area contributed by atoms with Gasteiger partial charge in [-0.2, -0.15) is 0 Å². The monoisotopic (exact) mass is 199 g/mol. The molecule has 0 saturated carbocycles. The summed E-state index contributed by atoms with van der Waals surface area (Å²) in [5.41, 5.74) is 0. The zero-order chi connectivity index (χ0) is 11.0. The summed E-state index contributed by atoms with van der Waals surface area (Å²) in [6.45, 7) is 11.7. The van der Waals surface area contributed by atoms with E-state index < -0.39 is 0 Å². The molecule has 0 fully saturated rings. The molecule has 0 amide bonds. The summed E-state index contributed by atoms with van der Waals surface area (Å²) in [7, 11) is 0. The fourth-order valence-electron chi connectivity index (χ4n) is 1.46. The maximum atomic E-state index is 11.6. The number of likely N-dealkylation sites (N-methyl/N-ethyl adjacent to an activating group) is 1. The zero-order valence-corrected chi connectivity index (χ0v) is 9.45. The molecule has 1 atom stereocenters. The average Bonchev–Trinajstić information content (AvgIpc) is 2.18. The van der Waals surface area contributed by atoms with Crippen LogP contribution in [0.15, 0.2) is 12.7 Å². The Morgan fingerprint density at radius 2 is 2.00 bits per heavy atom. The number of carbonyl (C=O) groups is 1. The first-order chi connectivity index (χ1) is 6.71. The van der Waals surface area contributed by atoms with Crippen LogP contribution in [-0.2, 0) is 9.53 Å². The van der Waals surface area contributed by atoms with Gasteiger partial charge in [0.15, 0.2) is 0 Å². The Labute approximate surface area is 86.7 Å². The maximum Gasteiger partial charge on any atom is 0.323 e. The topological polar surface area (TPSA) is 29.5 Å². The maximum absolute atomic E-state index is 11.6. The third-order valence-corrected chi connectivity index (χ3v) is 2.20. The van der Waals surface area contributed by atoms with Crippen LogP contribution in [0.2, 0.25) is 0 Å². The molecule has 0 aromatic rings. The smallest absolute Gasteiger partial charge is 0.323 e. The molecule has 0 aliphatic carbocycles. The summed E-state index contributed by atoms with van der Waals surface area (Å²) in [5.74, 6) is -0.142. The van der Waals surface area contributed by atoms with Gasteiger partial charge in [-0.1, -0.05) is 19.9 Å². The van der Waals surface area contributed by atoms with Crippen molar-refractivity contribution in [2.24, 2.45) is 0 Å². The first-order valence-corrected chi connectivity index (χ1v) is 5.22. The highest BCUT2D eigenvalue weighted by Crippen LogP contribution is 2.07. The molecular weight excluding hydrogens is 178 g/mol. The van der Waals surface area contributed by atoms with Crippen molar-refractivity contribution in [1.82, 2.24) is 4.90 Å². The van der Waals surface area contributed by atoms with Crippen LogP contribution in [0, 0.1) is 0 Å². The average molecular weight is 199 g/mol. The lowest BCUT2D eigenvalue weighted by molar-refractivity contribution is -0.149. The van der Waals surface area contributed by atoms with Gasteiger partial charge in [-0.25, -0.2) is 0 Å². The van der Waals surface area contributed by atoms with Gasteiger partial charge in [-0.3, -0.25) is 9.69 Å². The lowest BCUT2D eigenvalue weighted by atomic mass is 10.1. The minimum Gasteiger partial charge on any atom is -0.465 e. The first-order valence-electron chi connectivity index (χ1n) is 5.22. The van der Waals surface area contributed by atoms with Gasteiger partial charge in [-0.05, 0) is 26.4 Å². The quantitative estimate of drug-likeness (QED) is 0.463. The summed E-state index contributed by atoms with van der Waals surface area (Å²) in [4.78, 5) is 13.7. The van der Waals surface area contributed by atoms with Crippen LogP contribution < -0.4 is 0 Å². The summed E-state index contributed by atoms with van der Waals surface area (Å²) in [5, 5.41) is 0. The Bertz CT molecular complexity index is 176. The second kappa shape index (κ2) is 7.56. The molecule has 0 aliphatic heterocycles. The van der Waals surface area contributed by atoms with Gasteiger partial charge in [-0.15, -0.1) is 6.58 Å². The summed E-state index contributed by atoms with van der Waals surface area (Å²) < 4.78 is 5.01. The second-order valence-corrected chi connectivity index (χ2v) is 3.01. The number of rotatable bonds is 7. The van der Waals surface area contributed by atoms with E-state index >= 15 is 0 Å². The minimum absolute atomic E-state index is 0.142. The molecule has 3 nitrogen and oxygen atoms in total. The van der Waals surface area contributed by atoms with Gasteiger partial charge in [0.2, 0.25) is 0 Å². The molecule has 14 heavy (non-hydrogen) atoms. The molecule has 0 spiro atoms. The SMILES string of the molecule is C=CCC(C(=O)OCC)N(CC)CC. The molecule has 1 unspecified atom stereocenters. The van der Waals surface area contributed by atoms with Crippen LogP contribution in [-0.4, -0.2) is 36.6 Å². The van der Waals surface area contributed by atoms with Crippen LogP contribution in [0.25, 0.3) is 0 Å². The van der Waals surface area contributed by atoms with E-state index in [9.17, 15) is 4.79 Å². The van der Waals surface area contributed by atoms with Gasteiger partial charge in [0, 0.05) is 0 Å². The molecule has 0 aromatic carbocycles. The van der Waals surface area contributed by atoms with Crippen LogP contribution >= 0.6 is 0 Å². The van der Waals surface area contributed by atoms with Crippen molar-refractivity contribution < 1.29 is 9.53 Å². The van der Waals surface area contributed by atoms with Gasteiger partial charge < -0.3 is 4.74 Å². The predicted octanol–water partition coefficient (Wildman–Crippen LogP) is 1.84. The van der Waals surface area contributed by atoms with Crippen molar-refractivity contribution in [3.63, 3.8) is 0 Å². The molecule has 0 aromatic heterocycles. The highest BCUT2D eigenvalue weighted by atomic mass is 16.5. The molecule has 0 saturated heterocycles. The van der Waals surface area contributed by atoms with E-state index in [4.69, 9.17) is 4.74 Å². The molecule has 0 rings (SSSR count). The zero-order valence-electron chi connectivity index (χ0n) is 9.45. The van der Waals surface area contributed by atoms with Crippen LogP contribution in [0.4, 0.5) is 0 Å². The van der Waals surface area contributed by atoms with Crippen LogP contribution in [0.5, 0.6) is 0 Å². The van der Waals surface area contributed by atoms with E-state index in [-0.39, 0.29) is 12.0 Å². The van der Waals surface area contributed by atoms with Gasteiger partial charge in [0.05, 0.1) is 6.61 Å². The van der Waals surface area contributed by atoms with Crippen molar-refractivity contribution >= 4 is 5.97 Å². The molecular formula is C11H21NO2. The Morgan fingerprint density at radius 1 is 1.43 bits per heavy atom. The summed E-state index contributed by atoms with van der Waals surface area (Å²) >= 11 is 0. The van der Waals surface area contributed by atoms with Crippen LogP contribution in [0.1, 0.15) is 27.2 Å². The summed E-state index contributed by atoms with van der Waals surface area (Å²) in [6, 6.07) is -0.164. The molecule has 0 radical (unpaired) electrons. The van der Waals surface area contributed by atoms with E-state index in [0.29, 0.717) is 13.0 Å². The molecule has 82 valence electrons. The highest BCUT2D eigenvalue weighted by Gasteiger charge is 2.23. The van der Waals surface area contributed by atoms with E-state index in [0.717, 1.165) is 13.1 Å². The Balaban J connectivity index is 4.38. The highest BCUT2D eigenvalue weighted by molar-refractivity contribution is 5.76. The largest absolute Gasteiger partial charge is 0.465 e. The van der Waals surface area contributed by atoms with E-state index in [1.807, 2.05) is 20.8 Å². The van der Waals surface area contributed by atoms with Crippen molar-refractivity contribution in [2.45, 2.75) is 33.2 Å². The molecule has 0 bridgehead atoms. The Hall–Kier alpha value is -0.830. The third kappa shape index (κ3) is 3.92. The predicted molar refractivity (Wildman–Crippen MR) is 58.2 cm³/mol. The fraction of sp³-hybridized carbons (Fsp3) is 0.727. The summed E-state index contributed by atoms with van der Waals surface area (Å²) in [6.07, 6.45) is 2.42. The lowest BCUT2D eigenvalue weighted by Gasteiger charge is -2.26. The van der Waals surface area contributed by atoms with Gasteiger partial charge in [0.1, 0.15) is 6.04 Å². The second-order valence-electron chi connectivity index (χ2n) is 3.01. The fourth-order valence-corrected chi connectivity index (χ4v) is 1.46. The number of esters is 1. The molecule has 0 aliphatic rings. The lowest BCUT2D eigenvalue weighted by Crippen LogP contribution is -2.41. The standard InChI is InChI=1S/C11H21NO2/c1-5-9-10(11(13)14-8-4)12(6-2)7-3/h5,10H,1,6-9H2,2-4H3.